The summed E-state index contributed by atoms with van der Waals surface area (Å²) in [5, 5.41) is 0. The Kier molecular flexibility index (Phi) is 9.33. The van der Waals surface area contributed by atoms with Crippen molar-refractivity contribution in [3.8, 4) is 0 Å². The molecule has 0 unspecified atom stereocenters. The highest BCUT2D eigenvalue weighted by molar-refractivity contribution is 6.44. The van der Waals surface area contributed by atoms with Crippen LogP contribution in [0.1, 0.15) is 39.0 Å². The topological polar surface area (TPSA) is 18.5 Å². The van der Waals surface area contributed by atoms with E-state index in [4.69, 9.17) is 8.85 Å². The maximum atomic E-state index is 4.97. The van der Waals surface area contributed by atoms with Crippen LogP contribution in [0.25, 0.3) is 0 Å². The molecular formula is C9H22O2Si. The molecule has 0 aromatic heterocycles. The summed E-state index contributed by atoms with van der Waals surface area (Å²) >= 11 is 0. The smallest absolute Gasteiger partial charge is 0.320 e. The largest absolute Gasteiger partial charge is 0.400 e. The fourth-order valence-corrected chi connectivity index (χ4v) is 2.17. The van der Waals surface area contributed by atoms with E-state index in [1.807, 2.05) is 0 Å². The van der Waals surface area contributed by atoms with Crippen molar-refractivity contribution in [1.29, 1.82) is 0 Å². The fraction of sp³-hybridized carbons (Fsp3) is 1.00. The van der Waals surface area contributed by atoms with Gasteiger partial charge in [-0.15, -0.1) is 0 Å². The van der Waals surface area contributed by atoms with Crippen LogP contribution in [0.3, 0.4) is 0 Å². The summed E-state index contributed by atoms with van der Waals surface area (Å²) in [6, 6.07) is 1.05. The summed E-state index contributed by atoms with van der Waals surface area (Å²) in [4.78, 5) is 0. The van der Waals surface area contributed by atoms with Crippen molar-refractivity contribution < 1.29 is 8.85 Å². The van der Waals surface area contributed by atoms with Gasteiger partial charge in [0.05, 0.1) is 0 Å². The van der Waals surface area contributed by atoms with Gasteiger partial charge < -0.3 is 8.85 Å². The van der Waals surface area contributed by atoms with Gasteiger partial charge in [0.2, 0.25) is 0 Å². The maximum absolute atomic E-state index is 4.97. The van der Waals surface area contributed by atoms with Crippen LogP contribution in [0, 0.1) is 0 Å². The van der Waals surface area contributed by atoms with Crippen molar-refractivity contribution in [3.63, 3.8) is 0 Å². The van der Waals surface area contributed by atoms with E-state index in [1.165, 1.54) is 32.1 Å². The van der Waals surface area contributed by atoms with E-state index in [0.717, 1.165) is 6.04 Å². The van der Waals surface area contributed by atoms with Crippen LogP contribution in [-0.2, 0) is 8.85 Å². The summed E-state index contributed by atoms with van der Waals surface area (Å²) < 4.78 is 9.93. The molecule has 3 heteroatoms. The quantitative estimate of drug-likeness (QED) is 0.637. The van der Waals surface area contributed by atoms with E-state index in [-0.39, 0.29) is 0 Å². The number of hydrogen-bond acceptors (Lipinski definition) is 2. The van der Waals surface area contributed by atoms with Crippen molar-refractivity contribution in [1.82, 2.24) is 0 Å². The van der Waals surface area contributed by atoms with Crippen molar-refractivity contribution in [3.05, 3.63) is 0 Å². The molecule has 74 valence electrons. The van der Waals surface area contributed by atoms with Crippen LogP contribution in [-0.4, -0.2) is 23.5 Å². The molecule has 1 rings (SSSR count). The highest BCUT2D eigenvalue weighted by Crippen LogP contribution is 2.15. The van der Waals surface area contributed by atoms with Crippen LogP contribution in [0.2, 0.25) is 6.04 Å². The Bertz CT molecular complexity index is 67.5. The zero-order valence-corrected chi connectivity index (χ0v) is 9.79. The standard InChI is InChI=1S/C5H10.C4H12O2Si/c1-2-4-5-3-1;1-4-7(5-2)6-3/h1-5H2;7H,4H2,1-3H3. The molecular weight excluding hydrogens is 168 g/mol. The van der Waals surface area contributed by atoms with Crippen LogP contribution >= 0.6 is 0 Å². The molecule has 1 fully saturated rings. The summed E-state index contributed by atoms with van der Waals surface area (Å²) in [7, 11) is 2.23. The van der Waals surface area contributed by atoms with Gasteiger partial charge >= 0.3 is 9.28 Å². The summed E-state index contributed by atoms with van der Waals surface area (Å²) in [5.41, 5.74) is 0. The zero-order valence-electron chi connectivity index (χ0n) is 8.64. The van der Waals surface area contributed by atoms with Crippen molar-refractivity contribution in [2.45, 2.75) is 45.1 Å². The molecule has 0 aliphatic heterocycles. The molecule has 0 atom stereocenters. The molecule has 2 nitrogen and oxygen atoms in total. The fourth-order valence-electron chi connectivity index (χ4n) is 1.31. The van der Waals surface area contributed by atoms with E-state index in [9.17, 15) is 0 Å². The first-order chi connectivity index (χ1) is 5.85. The third-order valence-corrected chi connectivity index (χ3v) is 3.83. The summed E-state index contributed by atoms with van der Waals surface area (Å²) in [5.74, 6) is 0. The Morgan fingerprint density at radius 3 is 1.33 bits per heavy atom. The Morgan fingerprint density at radius 2 is 1.25 bits per heavy atom. The third-order valence-electron chi connectivity index (χ3n) is 2.11. The molecule has 0 saturated heterocycles. The van der Waals surface area contributed by atoms with Gasteiger partial charge in [0.1, 0.15) is 0 Å². The van der Waals surface area contributed by atoms with E-state index in [1.54, 1.807) is 14.2 Å². The second kappa shape index (κ2) is 9.23. The van der Waals surface area contributed by atoms with Gasteiger partial charge in [0.25, 0.3) is 0 Å². The first-order valence-corrected chi connectivity index (χ1v) is 6.66. The molecule has 1 aliphatic carbocycles. The van der Waals surface area contributed by atoms with Gasteiger partial charge in [-0.3, -0.25) is 0 Å². The average Bonchev–Trinajstić information content (AvgIpc) is 2.64. The zero-order chi connectivity index (χ0) is 9.23. The summed E-state index contributed by atoms with van der Waals surface area (Å²) in [6.07, 6.45) is 7.50. The minimum absolute atomic E-state index is 1.05. The van der Waals surface area contributed by atoms with Gasteiger partial charge in [-0.05, 0) is 6.04 Å². The van der Waals surface area contributed by atoms with Gasteiger partial charge in [-0.1, -0.05) is 39.0 Å². The minimum Gasteiger partial charge on any atom is -0.400 e. The highest BCUT2D eigenvalue weighted by Gasteiger charge is 2.02. The molecule has 1 aliphatic rings. The Labute approximate surface area is 78.1 Å². The molecule has 1 saturated carbocycles. The van der Waals surface area contributed by atoms with Crippen LogP contribution in [0.4, 0.5) is 0 Å². The second-order valence-corrected chi connectivity index (χ2v) is 5.70. The molecule has 0 amide bonds. The number of hydrogen-bond donors (Lipinski definition) is 0. The predicted octanol–water partition coefficient (Wildman–Crippen LogP) is 2.47. The Balaban J connectivity index is 0.000000211. The van der Waals surface area contributed by atoms with Gasteiger partial charge in [-0.25, -0.2) is 0 Å². The van der Waals surface area contributed by atoms with Gasteiger partial charge in [0.15, 0.2) is 0 Å². The van der Waals surface area contributed by atoms with Gasteiger partial charge in [-0.2, -0.15) is 0 Å². The molecule has 0 N–H and O–H groups in total. The van der Waals surface area contributed by atoms with Crippen molar-refractivity contribution >= 4 is 9.28 Å². The molecule has 0 aromatic rings. The Hall–Kier alpha value is 0.137. The van der Waals surface area contributed by atoms with E-state index >= 15 is 0 Å². The molecule has 0 radical (unpaired) electrons. The monoisotopic (exact) mass is 190 g/mol. The first-order valence-electron chi connectivity index (χ1n) is 4.90. The minimum atomic E-state index is -1.17. The summed E-state index contributed by atoms with van der Waals surface area (Å²) in [6.45, 7) is 2.07. The van der Waals surface area contributed by atoms with E-state index in [2.05, 4.69) is 6.92 Å². The van der Waals surface area contributed by atoms with Crippen LogP contribution in [0.5, 0.6) is 0 Å². The van der Waals surface area contributed by atoms with Gasteiger partial charge in [0, 0.05) is 14.2 Å². The molecule has 0 heterocycles. The Morgan fingerprint density at radius 1 is 0.917 bits per heavy atom. The van der Waals surface area contributed by atoms with E-state index < -0.39 is 9.28 Å². The molecule has 0 bridgehead atoms. The van der Waals surface area contributed by atoms with Crippen LogP contribution < -0.4 is 0 Å². The lowest BCUT2D eigenvalue weighted by Crippen LogP contribution is -2.16. The normalized spacial score (nSPS) is 16.0. The maximum Gasteiger partial charge on any atom is 0.320 e. The lowest BCUT2D eigenvalue weighted by atomic mass is 10.4. The second-order valence-electron chi connectivity index (χ2n) is 3.08. The van der Waals surface area contributed by atoms with E-state index in [0.29, 0.717) is 0 Å². The molecule has 0 spiro atoms. The van der Waals surface area contributed by atoms with Crippen molar-refractivity contribution in [2.24, 2.45) is 0 Å². The lowest BCUT2D eigenvalue weighted by molar-refractivity contribution is 0.279. The average molecular weight is 190 g/mol. The SMILES string of the molecule is C1CCCC1.CC[SiH](OC)OC. The first kappa shape index (κ1) is 12.1. The number of rotatable bonds is 3. The molecule has 12 heavy (non-hydrogen) atoms. The predicted molar refractivity (Wildman–Crippen MR) is 54.7 cm³/mol. The third kappa shape index (κ3) is 6.82. The highest BCUT2D eigenvalue weighted by atomic mass is 28.3. The molecule has 0 aromatic carbocycles. The van der Waals surface area contributed by atoms with Crippen LogP contribution in [0.15, 0.2) is 0 Å². The lowest BCUT2D eigenvalue weighted by Gasteiger charge is -2.05. The van der Waals surface area contributed by atoms with Crippen molar-refractivity contribution in [2.75, 3.05) is 14.2 Å².